The van der Waals surface area contributed by atoms with Crippen LogP contribution in [0.5, 0.6) is 0 Å². The van der Waals surface area contributed by atoms with Gasteiger partial charge in [-0.3, -0.25) is 0 Å². The van der Waals surface area contributed by atoms with Gasteiger partial charge in [0.05, 0.1) is 5.52 Å². The number of nitrogens with zero attached hydrogens (tertiary/aromatic N) is 2. The number of para-hydroxylation sites is 1. The molecule has 1 saturated carbocycles. The SMILES string of the molecule is O=C(O)/C=C/c1cccc(N(CC2CCCC2)c2ccc3ccccc3n2)c1. The molecule has 1 fully saturated rings. The van der Waals surface area contributed by atoms with Gasteiger partial charge < -0.3 is 10.0 Å². The summed E-state index contributed by atoms with van der Waals surface area (Å²) in [6, 6.07) is 20.4. The molecule has 0 bridgehead atoms. The average Bonchev–Trinajstić information content (AvgIpc) is 3.24. The number of carboxylic acid groups (broad SMARTS) is 1. The van der Waals surface area contributed by atoms with Gasteiger partial charge in [-0.1, -0.05) is 43.2 Å². The monoisotopic (exact) mass is 372 g/mol. The summed E-state index contributed by atoms with van der Waals surface area (Å²) >= 11 is 0. The number of aromatic nitrogens is 1. The van der Waals surface area contributed by atoms with Crippen LogP contribution in [-0.2, 0) is 4.79 Å². The molecule has 4 heteroatoms. The summed E-state index contributed by atoms with van der Waals surface area (Å²) in [5.74, 6) is 0.654. The zero-order valence-electron chi connectivity index (χ0n) is 15.8. The maximum Gasteiger partial charge on any atom is 0.328 e. The Morgan fingerprint density at radius 1 is 1.07 bits per heavy atom. The van der Waals surface area contributed by atoms with E-state index in [9.17, 15) is 4.79 Å². The van der Waals surface area contributed by atoms with Gasteiger partial charge in [0.1, 0.15) is 5.82 Å². The molecule has 1 N–H and O–H groups in total. The van der Waals surface area contributed by atoms with E-state index in [-0.39, 0.29) is 0 Å². The van der Waals surface area contributed by atoms with E-state index in [2.05, 4.69) is 29.2 Å². The van der Waals surface area contributed by atoms with Crippen molar-refractivity contribution in [3.63, 3.8) is 0 Å². The van der Waals surface area contributed by atoms with Crippen LogP contribution < -0.4 is 4.90 Å². The highest BCUT2D eigenvalue weighted by Gasteiger charge is 2.21. The third-order valence-corrected chi connectivity index (χ3v) is 5.38. The third kappa shape index (κ3) is 4.22. The summed E-state index contributed by atoms with van der Waals surface area (Å²) in [5.41, 5.74) is 2.90. The smallest absolute Gasteiger partial charge is 0.328 e. The zero-order chi connectivity index (χ0) is 19.3. The molecular formula is C24H24N2O2. The Hall–Kier alpha value is -3.14. The fourth-order valence-corrected chi connectivity index (χ4v) is 3.95. The second-order valence-corrected chi connectivity index (χ2v) is 7.39. The van der Waals surface area contributed by atoms with Gasteiger partial charge in [0.15, 0.2) is 0 Å². The number of benzene rings is 2. The molecule has 1 heterocycles. The van der Waals surface area contributed by atoms with Crippen LogP contribution in [0.4, 0.5) is 11.5 Å². The topological polar surface area (TPSA) is 53.4 Å². The standard InChI is InChI=1S/C24H24N2O2/c27-24(28)15-12-18-8-5-10-21(16-18)26(17-19-6-1-2-7-19)23-14-13-20-9-3-4-11-22(20)25-23/h3-5,8-16,19H,1-2,6-7,17H2,(H,27,28)/b15-12+. The minimum atomic E-state index is -0.940. The third-order valence-electron chi connectivity index (χ3n) is 5.38. The van der Waals surface area contributed by atoms with Crippen molar-refractivity contribution >= 4 is 34.5 Å². The quantitative estimate of drug-likeness (QED) is 0.567. The van der Waals surface area contributed by atoms with E-state index in [0.717, 1.165) is 34.5 Å². The number of pyridine rings is 1. The number of anilines is 2. The van der Waals surface area contributed by atoms with Gasteiger partial charge in [-0.25, -0.2) is 9.78 Å². The van der Waals surface area contributed by atoms with Crippen LogP contribution in [0, 0.1) is 5.92 Å². The predicted molar refractivity (Wildman–Crippen MR) is 114 cm³/mol. The minimum Gasteiger partial charge on any atom is -0.478 e. The van der Waals surface area contributed by atoms with Crippen LogP contribution in [0.2, 0.25) is 0 Å². The number of fused-ring (bicyclic) bond motifs is 1. The molecule has 142 valence electrons. The van der Waals surface area contributed by atoms with Crippen molar-refractivity contribution < 1.29 is 9.90 Å². The Kier molecular flexibility index (Phi) is 5.38. The lowest BCUT2D eigenvalue weighted by molar-refractivity contribution is -0.131. The molecule has 0 spiro atoms. The molecule has 1 aliphatic rings. The Bertz CT molecular complexity index is 1010. The van der Waals surface area contributed by atoms with E-state index in [0.29, 0.717) is 5.92 Å². The molecule has 4 nitrogen and oxygen atoms in total. The van der Waals surface area contributed by atoms with Crippen molar-refractivity contribution in [2.24, 2.45) is 5.92 Å². The molecule has 2 aromatic carbocycles. The van der Waals surface area contributed by atoms with Crippen LogP contribution >= 0.6 is 0 Å². The minimum absolute atomic E-state index is 0.659. The van der Waals surface area contributed by atoms with Gasteiger partial charge in [-0.15, -0.1) is 0 Å². The fourth-order valence-electron chi connectivity index (χ4n) is 3.95. The molecule has 1 aromatic heterocycles. The van der Waals surface area contributed by atoms with Crippen molar-refractivity contribution in [3.8, 4) is 0 Å². The largest absolute Gasteiger partial charge is 0.478 e. The Morgan fingerprint density at radius 3 is 2.71 bits per heavy atom. The van der Waals surface area contributed by atoms with Crippen molar-refractivity contribution in [2.75, 3.05) is 11.4 Å². The van der Waals surface area contributed by atoms with Crippen molar-refractivity contribution in [3.05, 3.63) is 72.3 Å². The van der Waals surface area contributed by atoms with Gasteiger partial charge in [-0.2, -0.15) is 0 Å². The first-order valence-corrected chi connectivity index (χ1v) is 9.83. The maximum atomic E-state index is 10.9. The highest BCUT2D eigenvalue weighted by molar-refractivity contribution is 5.86. The Balaban J connectivity index is 1.72. The Labute approximate surface area is 165 Å². The summed E-state index contributed by atoms with van der Waals surface area (Å²) in [4.78, 5) is 18.1. The van der Waals surface area contributed by atoms with Crippen molar-refractivity contribution in [1.29, 1.82) is 0 Å². The molecule has 4 rings (SSSR count). The van der Waals surface area contributed by atoms with E-state index < -0.39 is 5.97 Å². The molecule has 0 unspecified atom stereocenters. The van der Waals surface area contributed by atoms with Crippen molar-refractivity contribution in [1.82, 2.24) is 4.98 Å². The molecule has 1 aliphatic carbocycles. The van der Waals surface area contributed by atoms with E-state index in [4.69, 9.17) is 10.1 Å². The van der Waals surface area contributed by atoms with Crippen LogP contribution in [0.1, 0.15) is 31.2 Å². The van der Waals surface area contributed by atoms with Crippen LogP contribution in [0.25, 0.3) is 17.0 Å². The average molecular weight is 372 g/mol. The van der Waals surface area contributed by atoms with Gasteiger partial charge in [0.2, 0.25) is 0 Å². The lowest BCUT2D eigenvalue weighted by Crippen LogP contribution is -2.24. The number of aliphatic carboxylic acids is 1. The zero-order valence-corrected chi connectivity index (χ0v) is 15.8. The number of rotatable bonds is 6. The molecule has 0 saturated heterocycles. The van der Waals surface area contributed by atoms with E-state index in [1.165, 1.54) is 31.8 Å². The molecule has 0 amide bonds. The van der Waals surface area contributed by atoms with Gasteiger partial charge >= 0.3 is 5.97 Å². The van der Waals surface area contributed by atoms with Crippen LogP contribution in [0.15, 0.2) is 66.7 Å². The summed E-state index contributed by atoms with van der Waals surface area (Å²) in [7, 11) is 0. The summed E-state index contributed by atoms with van der Waals surface area (Å²) < 4.78 is 0. The summed E-state index contributed by atoms with van der Waals surface area (Å²) in [5, 5.41) is 10.0. The van der Waals surface area contributed by atoms with Gasteiger partial charge in [-0.05, 0) is 60.7 Å². The van der Waals surface area contributed by atoms with E-state index >= 15 is 0 Å². The number of hydrogen-bond acceptors (Lipinski definition) is 3. The molecule has 3 aromatic rings. The summed E-state index contributed by atoms with van der Waals surface area (Å²) in [6.07, 6.45) is 7.91. The van der Waals surface area contributed by atoms with Crippen molar-refractivity contribution in [2.45, 2.75) is 25.7 Å². The second-order valence-electron chi connectivity index (χ2n) is 7.39. The second kappa shape index (κ2) is 8.26. The molecule has 0 aliphatic heterocycles. The Morgan fingerprint density at radius 2 is 1.89 bits per heavy atom. The normalized spacial score (nSPS) is 14.7. The highest BCUT2D eigenvalue weighted by atomic mass is 16.4. The predicted octanol–water partition coefficient (Wildman–Crippen LogP) is 5.66. The molecule has 28 heavy (non-hydrogen) atoms. The van der Waals surface area contributed by atoms with Crippen LogP contribution in [0.3, 0.4) is 0 Å². The molecule has 0 radical (unpaired) electrons. The number of hydrogen-bond donors (Lipinski definition) is 1. The van der Waals surface area contributed by atoms with Gasteiger partial charge in [0, 0.05) is 23.7 Å². The maximum absolute atomic E-state index is 10.9. The van der Waals surface area contributed by atoms with Gasteiger partial charge in [0.25, 0.3) is 0 Å². The van der Waals surface area contributed by atoms with E-state index in [1.807, 2.05) is 36.4 Å². The first-order valence-electron chi connectivity index (χ1n) is 9.83. The van der Waals surface area contributed by atoms with Crippen LogP contribution in [-0.4, -0.2) is 22.6 Å². The number of carboxylic acids is 1. The number of carbonyl (C=O) groups is 1. The lowest BCUT2D eigenvalue weighted by atomic mass is 10.1. The first-order chi connectivity index (χ1) is 13.7. The fraction of sp³-hybridized carbons (Fsp3) is 0.250. The van der Waals surface area contributed by atoms with E-state index in [1.54, 1.807) is 6.08 Å². The molecule has 0 atom stereocenters. The summed E-state index contributed by atoms with van der Waals surface area (Å²) in [6.45, 7) is 0.928. The lowest BCUT2D eigenvalue weighted by Gasteiger charge is -2.27. The first kappa shape index (κ1) is 18.2. The molecular weight excluding hydrogens is 348 g/mol. The highest BCUT2D eigenvalue weighted by Crippen LogP contribution is 2.32.